The second-order valence-electron chi connectivity index (χ2n) is 4.11. The zero-order valence-corrected chi connectivity index (χ0v) is 11.0. The van der Waals surface area contributed by atoms with Gasteiger partial charge in [-0.3, -0.25) is 0 Å². The van der Waals surface area contributed by atoms with Gasteiger partial charge in [-0.1, -0.05) is 36.4 Å². The molecule has 0 amide bonds. The molecule has 1 aromatic carbocycles. The predicted octanol–water partition coefficient (Wildman–Crippen LogP) is 1.65. The number of ether oxygens (including phenoxy) is 1. The van der Waals surface area contributed by atoms with Crippen LogP contribution in [0.15, 0.2) is 36.4 Å². The van der Waals surface area contributed by atoms with Gasteiger partial charge in [-0.2, -0.15) is 0 Å². The maximum absolute atomic E-state index is 9.63. The molecule has 0 aromatic heterocycles. The number of hydrogen-bond donors (Lipinski definition) is 2. The van der Waals surface area contributed by atoms with Gasteiger partial charge in [0.15, 0.2) is 0 Å². The van der Waals surface area contributed by atoms with Crippen molar-refractivity contribution in [3.8, 4) is 0 Å². The Bertz CT molecular complexity index is 355. The van der Waals surface area contributed by atoms with Gasteiger partial charge < -0.3 is 14.9 Å². The standard InChI is InChI=1S/C14H21NO3/c1-11(16)15(12(2)17)14(18-3)10-9-13-7-5-4-6-8-13/h4-12,14,16-17H,1-3H3/b10-9+. The first-order valence-corrected chi connectivity index (χ1v) is 5.96. The topological polar surface area (TPSA) is 52.9 Å². The number of methoxy groups -OCH3 is 1. The lowest BCUT2D eigenvalue weighted by molar-refractivity contribution is -0.159. The first-order valence-electron chi connectivity index (χ1n) is 5.96. The molecular formula is C14H21NO3. The van der Waals surface area contributed by atoms with E-state index >= 15 is 0 Å². The van der Waals surface area contributed by atoms with Crippen LogP contribution >= 0.6 is 0 Å². The third kappa shape index (κ3) is 4.23. The van der Waals surface area contributed by atoms with E-state index in [0.717, 1.165) is 5.56 Å². The van der Waals surface area contributed by atoms with Gasteiger partial charge in [0.25, 0.3) is 0 Å². The average molecular weight is 251 g/mol. The Kier molecular flexibility index (Phi) is 6.01. The molecule has 4 heteroatoms. The van der Waals surface area contributed by atoms with Crippen LogP contribution in [0.5, 0.6) is 0 Å². The third-order valence-electron chi connectivity index (χ3n) is 2.65. The molecule has 0 saturated heterocycles. The zero-order valence-electron chi connectivity index (χ0n) is 11.0. The Labute approximate surface area is 108 Å². The number of rotatable bonds is 6. The predicted molar refractivity (Wildman–Crippen MR) is 71.5 cm³/mol. The van der Waals surface area contributed by atoms with Crippen LogP contribution in [-0.2, 0) is 4.74 Å². The maximum atomic E-state index is 9.63. The highest BCUT2D eigenvalue weighted by atomic mass is 16.5. The van der Waals surface area contributed by atoms with E-state index in [2.05, 4.69) is 0 Å². The smallest absolute Gasteiger partial charge is 0.133 e. The van der Waals surface area contributed by atoms with Crippen LogP contribution in [0.2, 0.25) is 0 Å². The number of hydrogen-bond acceptors (Lipinski definition) is 4. The van der Waals surface area contributed by atoms with Crippen LogP contribution in [0, 0.1) is 0 Å². The largest absolute Gasteiger partial charge is 0.379 e. The van der Waals surface area contributed by atoms with Crippen molar-refractivity contribution in [1.29, 1.82) is 0 Å². The van der Waals surface area contributed by atoms with Crippen molar-refractivity contribution in [3.05, 3.63) is 42.0 Å². The van der Waals surface area contributed by atoms with Gasteiger partial charge in [0, 0.05) is 7.11 Å². The van der Waals surface area contributed by atoms with Crippen molar-refractivity contribution in [2.45, 2.75) is 32.5 Å². The van der Waals surface area contributed by atoms with Crippen molar-refractivity contribution < 1.29 is 14.9 Å². The van der Waals surface area contributed by atoms with Crippen LogP contribution in [-0.4, -0.2) is 40.9 Å². The lowest BCUT2D eigenvalue weighted by Crippen LogP contribution is -2.47. The molecule has 18 heavy (non-hydrogen) atoms. The molecule has 0 bridgehead atoms. The minimum Gasteiger partial charge on any atom is -0.379 e. The number of benzene rings is 1. The van der Waals surface area contributed by atoms with Crippen LogP contribution in [0.25, 0.3) is 6.08 Å². The van der Waals surface area contributed by atoms with E-state index < -0.39 is 18.7 Å². The van der Waals surface area contributed by atoms with Crippen molar-refractivity contribution >= 4 is 6.08 Å². The lowest BCUT2D eigenvalue weighted by atomic mass is 10.2. The molecule has 0 saturated carbocycles. The first-order chi connectivity index (χ1) is 8.56. The Morgan fingerprint density at radius 2 is 1.67 bits per heavy atom. The minimum atomic E-state index is -0.796. The molecule has 1 rings (SSSR count). The van der Waals surface area contributed by atoms with Gasteiger partial charge in [-0.15, -0.1) is 0 Å². The summed E-state index contributed by atoms with van der Waals surface area (Å²) in [5.74, 6) is 0. The molecule has 3 atom stereocenters. The SMILES string of the molecule is COC(/C=C/c1ccccc1)N(C(C)O)C(C)O. The second-order valence-corrected chi connectivity index (χ2v) is 4.11. The highest BCUT2D eigenvalue weighted by Crippen LogP contribution is 2.12. The average Bonchev–Trinajstić information content (AvgIpc) is 2.34. The fraction of sp³-hybridized carbons (Fsp3) is 0.429. The number of nitrogens with zero attached hydrogens (tertiary/aromatic N) is 1. The monoisotopic (exact) mass is 251 g/mol. The van der Waals surface area contributed by atoms with E-state index in [1.807, 2.05) is 36.4 Å². The second kappa shape index (κ2) is 7.28. The molecule has 2 N–H and O–H groups in total. The van der Waals surface area contributed by atoms with Gasteiger partial charge in [0.1, 0.15) is 18.7 Å². The summed E-state index contributed by atoms with van der Waals surface area (Å²) in [4.78, 5) is 1.46. The van der Waals surface area contributed by atoms with E-state index in [-0.39, 0.29) is 0 Å². The van der Waals surface area contributed by atoms with E-state index in [4.69, 9.17) is 4.74 Å². The van der Waals surface area contributed by atoms with Crippen LogP contribution in [0.3, 0.4) is 0 Å². The summed E-state index contributed by atoms with van der Waals surface area (Å²) in [6.45, 7) is 3.18. The summed E-state index contributed by atoms with van der Waals surface area (Å²) in [5, 5.41) is 19.3. The van der Waals surface area contributed by atoms with Crippen LogP contribution < -0.4 is 0 Å². The Morgan fingerprint density at radius 3 is 2.11 bits per heavy atom. The highest BCUT2D eigenvalue weighted by molar-refractivity contribution is 5.49. The van der Waals surface area contributed by atoms with Gasteiger partial charge in [0.05, 0.1) is 0 Å². The van der Waals surface area contributed by atoms with Gasteiger partial charge in [-0.25, -0.2) is 4.90 Å². The Morgan fingerprint density at radius 1 is 1.11 bits per heavy atom. The van der Waals surface area contributed by atoms with Crippen molar-refractivity contribution in [1.82, 2.24) is 4.90 Å². The first kappa shape index (κ1) is 14.9. The van der Waals surface area contributed by atoms with Gasteiger partial charge >= 0.3 is 0 Å². The van der Waals surface area contributed by atoms with E-state index in [1.165, 1.54) is 12.0 Å². The molecule has 0 heterocycles. The Balaban J connectivity index is 2.80. The fourth-order valence-electron chi connectivity index (χ4n) is 1.79. The third-order valence-corrected chi connectivity index (χ3v) is 2.65. The summed E-state index contributed by atoms with van der Waals surface area (Å²) in [5.41, 5.74) is 1.04. The van der Waals surface area contributed by atoms with Crippen LogP contribution in [0.4, 0.5) is 0 Å². The van der Waals surface area contributed by atoms with Crippen LogP contribution in [0.1, 0.15) is 19.4 Å². The van der Waals surface area contributed by atoms with E-state index in [1.54, 1.807) is 19.9 Å². The summed E-state index contributed by atoms with van der Waals surface area (Å²) >= 11 is 0. The molecule has 4 nitrogen and oxygen atoms in total. The van der Waals surface area contributed by atoms with Crippen molar-refractivity contribution in [2.75, 3.05) is 7.11 Å². The minimum absolute atomic E-state index is 0.481. The molecule has 0 spiro atoms. The lowest BCUT2D eigenvalue weighted by Gasteiger charge is -2.33. The summed E-state index contributed by atoms with van der Waals surface area (Å²) in [6, 6.07) is 9.78. The summed E-state index contributed by atoms with van der Waals surface area (Å²) < 4.78 is 5.28. The number of aliphatic hydroxyl groups excluding tert-OH is 2. The van der Waals surface area contributed by atoms with Crippen molar-refractivity contribution in [3.63, 3.8) is 0 Å². The van der Waals surface area contributed by atoms with Crippen molar-refractivity contribution in [2.24, 2.45) is 0 Å². The molecule has 0 aliphatic carbocycles. The van der Waals surface area contributed by atoms with Gasteiger partial charge in [0.2, 0.25) is 0 Å². The summed E-state index contributed by atoms with van der Waals surface area (Å²) in [6.07, 6.45) is 1.62. The molecule has 0 radical (unpaired) electrons. The number of aliphatic hydroxyl groups is 2. The Hall–Kier alpha value is -1.20. The quantitative estimate of drug-likeness (QED) is 0.755. The highest BCUT2D eigenvalue weighted by Gasteiger charge is 2.23. The zero-order chi connectivity index (χ0) is 13.5. The van der Waals surface area contributed by atoms with E-state index in [0.29, 0.717) is 0 Å². The molecule has 100 valence electrons. The molecule has 0 aliphatic heterocycles. The molecule has 0 fully saturated rings. The fourth-order valence-corrected chi connectivity index (χ4v) is 1.79. The van der Waals surface area contributed by atoms with E-state index in [9.17, 15) is 10.2 Å². The molecular weight excluding hydrogens is 230 g/mol. The van der Waals surface area contributed by atoms with Gasteiger partial charge in [-0.05, 0) is 25.5 Å². The normalized spacial score (nSPS) is 17.0. The maximum Gasteiger partial charge on any atom is 0.133 e. The summed E-state index contributed by atoms with van der Waals surface area (Å²) in [7, 11) is 1.54. The molecule has 0 aliphatic rings. The molecule has 3 unspecified atom stereocenters. The molecule has 1 aromatic rings.